The normalized spacial score (nSPS) is 15.9. The van der Waals surface area contributed by atoms with Gasteiger partial charge in [0, 0.05) is 6.54 Å². The van der Waals surface area contributed by atoms with Gasteiger partial charge in [-0.25, -0.2) is 0 Å². The second-order valence-electron chi connectivity index (χ2n) is 3.82. The lowest BCUT2D eigenvalue weighted by Crippen LogP contribution is -2.35. The maximum Gasteiger partial charge on any atom is 0.0629 e. The second kappa shape index (κ2) is 3.35. The van der Waals surface area contributed by atoms with Crippen molar-refractivity contribution in [2.24, 2.45) is 5.92 Å². The summed E-state index contributed by atoms with van der Waals surface area (Å²) >= 11 is 0. The Bertz CT molecular complexity index is 93.9. The highest BCUT2D eigenvalue weighted by Crippen LogP contribution is 2.15. The maximum absolute atomic E-state index is 9.51. The lowest BCUT2D eigenvalue weighted by atomic mass is 9.93. The summed E-state index contributed by atoms with van der Waals surface area (Å²) in [6.07, 6.45) is 0. The van der Waals surface area contributed by atoms with Gasteiger partial charge < -0.3 is 10.0 Å². The van der Waals surface area contributed by atoms with Gasteiger partial charge in [-0.1, -0.05) is 6.92 Å². The Balaban J connectivity index is 3.73. The summed E-state index contributed by atoms with van der Waals surface area (Å²) in [5, 5.41) is 9.51. The minimum absolute atomic E-state index is 0.322. The van der Waals surface area contributed by atoms with Gasteiger partial charge in [-0.05, 0) is 33.9 Å². The number of nitrogens with zero attached hydrogens (tertiary/aromatic N) is 1. The van der Waals surface area contributed by atoms with E-state index in [1.54, 1.807) is 0 Å². The molecule has 2 nitrogen and oxygen atoms in total. The van der Waals surface area contributed by atoms with E-state index in [-0.39, 0.29) is 0 Å². The summed E-state index contributed by atoms with van der Waals surface area (Å²) in [4.78, 5) is 2.09. The third kappa shape index (κ3) is 3.85. The van der Waals surface area contributed by atoms with Crippen LogP contribution in [0.2, 0.25) is 0 Å². The monoisotopic (exact) mass is 145 g/mol. The molecular weight excluding hydrogens is 126 g/mol. The summed E-state index contributed by atoms with van der Waals surface area (Å²) in [6.45, 7) is 6.69. The molecule has 0 aliphatic rings. The first-order valence-corrected chi connectivity index (χ1v) is 3.71. The highest BCUT2D eigenvalue weighted by atomic mass is 16.3. The van der Waals surface area contributed by atoms with Gasteiger partial charge in [0.05, 0.1) is 5.60 Å². The highest BCUT2D eigenvalue weighted by molar-refractivity contribution is 4.74. The Hall–Kier alpha value is -0.0800. The van der Waals surface area contributed by atoms with E-state index in [2.05, 4.69) is 11.8 Å². The van der Waals surface area contributed by atoms with E-state index in [4.69, 9.17) is 0 Å². The zero-order valence-electron chi connectivity index (χ0n) is 7.68. The Morgan fingerprint density at radius 3 is 1.90 bits per heavy atom. The standard InChI is InChI=1S/C8H19NO/c1-7(6-9(4)5)8(2,3)10/h7,10H,6H2,1-5H3. The average molecular weight is 145 g/mol. The van der Waals surface area contributed by atoms with Gasteiger partial charge in [0.15, 0.2) is 0 Å². The van der Waals surface area contributed by atoms with Crippen LogP contribution in [-0.4, -0.2) is 36.2 Å². The summed E-state index contributed by atoms with van der Waals surface area (Å²) in [6, 6.07) is 0. The van der Waals surface area contributed by atoms with Crippen molar-refractivity contribution in [3.05, 3.63) is 0 Å². The molecule has 0 spiro atoms. The van der Waals surface area contributed by atoms with E-state index >= 15 is 0 Å². The highest BCUT2D eigenvalue weighted by Gasteiger charge is 2.22. The van der Waals surface area contributed by atoms with Gasteiger partial charge in [-0.2, -0.15) is 0 Å². The van der Waals surface area contributed by atoms with Crippen LogP contribution in [0.1, 0.15) is 20.8 Å². The van der Waals surface area contributed by atoms with E-state index in [0.717, 1.165) is 6.54 Å². The molecule has 10 heavy (non-hydrogen) atoms. The fraction of sp³-hybridized carbons (Fsp3) is 1.00. The topological polar surface area (TPSA) is 23.5 Å². The Kier molecular flexibility index (Phi) is 3.33. The lowest BCUT2D eigenvalue weighted by Gasteiger charge is -2.28. The summed E-state index contributed by atoms with van der Waals surface area (Å²) in [7, 11) is 4.03. The van der Waals surface area contributed by atoms with Gasteiger partial charge in [0.25, 0.3) is 0 Å². The number of aliphatic hydroxyl groups is 1. The van der Waals surface area contributed by atoms with Crippen molar-refractivity contribution in [2.75, 3.05) is 20.6 Å². The molecule has 1 N–H and O–H groups in total. The van der Waals surface area contributed by atoms with E-state index < -0.39 is 5.60 Å². The molecule has 0 fully saturated rings. The Morgan fingerprint density at radius 1 is 1.40 bits per heavy atom. The number of hydrogen-bond donors (Lipinski definition) is 1. The summed E-state index contributed by atoms with van der Waals surface area (Å²) < 4.78 is 0. The van der Waals surface area contributed by atoms with Crippen molar-refractivity contribution in [1.82, 2.24) is 4.90 Å². The summed E-state index contributed by atoms with van der Waals surface area (Å²) in [5.41, 5.74) is -0.551. The van der Waals surface area contributed by atoms with Crippen molar-refractivity contribution < 1.29 is 5.11 Å². The maximum atomic E-state index is 9.51. The molecular formula is C8H19NO. The molecule has 0 aromatic rings. The van der Waals surface area contributed by atoms with Crippen molar-refractivity contribution >= 4 is 0 Å². The molecule has 0 saturated carbocycles. The van der Waals surface area contributed by atoms with E-state index in [9.17, 15) is 5.11 Å². The van der Waals surface area contributed by atoms with Gasteiger partial charge in [-0.3, -0.25) is 0 Å². The fourth-order valence-electron chi connectivity index (χ4n) is 0.771. The largest absolute Gasteiger partial charge is 0.390 e. The minimum Gasteiger partial charge on any atom is -0.390 e. The quantitative estimate of drug-likeness (QED) is 0.639. The molecule has 0 aliphatic heterocycles. The van der Waals surface area contributed by atoms with Crippen LogP contribution in [0.3, 0.4) is 0 Å². The minimum atomic E-state index is -0.551. The Morgan fingerprint density at radius 2 is 1.80 bits per heavy atom. The first-order valence-electron chi connectivity index (χ1n) is 3.71. The molecule has 0 aromatic carbocycles. The van der Waals surface area contributed by atoms with E-state index in [0.29, 0.717) is 5.92 Å². The van der Waals surface area contributed by atoms with Crippen molar-refractivity contribution in [3.8, 4) is 0 Å². The third-order valence-electron chi connectivity index (χ3n) is 1.84. The smallest absolute Gasteiger partial charge is 0.0629 e. The van der Waals surface area contributed by atoms with Crippen LogP contribution in [0.4, 0.5) is 0 Å². The van der Waals surface area contributed by atoms with Crippen molar-refractivity contribution in [3.63, 3.8) is 0 Å². The number of hydrogen-bond acceptors (Lipinski definition) is 2. The third-order valence-corrected chi connectivity index (χ3v) is 1.84. The number of rotatable bonds is 3. The average Bonchev–Trinajstić information content (AvgIpc) is 1.60. The zero-order valence-corrected chi connectivity index (χ0v) is 7.68. The predicted octanol–water partition coefficient (Wildman–Crippen LogP) is 0.955. The molecule has 0 radical (unpaired) electrons. The molecule has 2 heteroatoms. The summed E-state index contributed by atoms with van der Waals surface area (Å²) in [5.74, 6) is 0.322. The SMILES string of the molecule is CC(CN(C)C)C(C)(C)O. The van der Waals surface area contributed by atoms with Crippen molar-refractivity contribution in [1.29, 1.82) is 0 Å². The van der Waals surface area contributed by atoms with Crippen LogP contribution in [-0.2, 0) is 0 Å². The first kappa shape index (κ1) is 9.92. The molecule has 0 aromatic heterocycles. The Labute approximate surface area is 63.8 Å². The molecule has 0 amide bonds. The van der Waals surface area contributed by atoms with Crippen LogP contribution in [0.15, 0.2) is 0 Å². The molecule has 1 unspecified atom stereocenters. The molecule has 0 rings (SSSR count). The van der Waals surface area contributed by atoms with Crippen molar-refractivity contribution in [2.45, 2.75) is 26.4 Å². The lowest BCUT2D eigenvalue weighted by molar-refractivity contribution is 0.0147. The fourth-order valence-corrected chi connectivity index (χ4v) is 0.771. The first-order chi connectivity index (χ1) is 4.34. The molecule has 62 valence electrons. The molecule has 0 aliphatic carbocycles. The molecule has 0 bridgehead atoms. The second-order valence-corrected chi connectivity index (χ2v) is 3.82. The van der Waals surface area contributed by atoms with Crippen LogP contribution < -0.4 is 0 Å². The zero-order chi connectivity index (χ0) is 8.36. The molecule has 0 saturated heterocycles. The van der Waals surface area contributed by atoms with E-state index in [1.807, 2.05) is 27.9 Å². The van der Waals surface area contributed by atoms with Gasteiger partial charge in [-0.15, -0.1) is 0 Å². The van der Waals surface area contributed by atoms with Gasteiger partial charge in [0.1, 0.15) is 0 Å². The molecule has 1 atom stereocenters. The predicted molar refractivity (Wildman–Crippen MR) is 44.0 cm³/mol. The van der Waals surface area contributed by atoms with Gasteiger partial charge in [0.2, 0.25) is 0 Å². The van der Waals surface area contributed by atoms with Crippen LogP contribution in [0.25, 0.3) is 0 Å². The van der Waals surface area contributed by atoms with E-state index in [1.165, 1.54) is 0 Å². The van der Waals surface area contributed by atoms with Gasteiger partial charge >= 0.3 is 0 Å². The van der Waals surface area contributed by atoms with Crippen LogP contribution >= 0.6 is 0 Å². The molecule has 0 heterocycles. The van der Waals surface area contributed by atoms with Crippen LogP contribution in [0.5, 0.6) is 0 Å². The van der Waals surface area contributed by atoms with Crippen LogP contribution in [0, 0.1) is 5.92 Å².